The number of rotatable bonds is 0. The molecule has 0 saturated carbocycles. The first-order chi connectivity index (χ1) is 2.00. The van der Waals surface area contributed by atoms with E-state index in [1.165, 1.54) is 0 Å². The third-order valence-corrected chi connectivity index (χ3v) is 0. The van der Waals surface area contributed by atoms with E-state index in [4.69, 9.17) is 10.2 Å². The zero-order chi connectivity index (χ0) is 4.00. The van der Waals surface area contributed by atoms with Crippen LogP contribution in [0.3, 0.4) is 0 Å². The van der Waals surface area contributed by atoms with Crippen molar-refractivity contribution in [3.05, 3.63) is 0 Å². The molecule has 0 aliphatic carbocycles. The molecular weight excluding hydrogens is 66.8 g/mol. The predicted octanol–water partition coefficient (Wildman–Crippen LogP) is -1.16. The van der Waals surface area contributed by atoms with Crippen LogP contribution in [0.25, 0.3) is 0 Å². The fourth-order valence-corrected chi connectivity index (χ4v) is 0. The van der Waals surface area contributed by atoms with Crippen LogP contribution >= 0.6 is 0 Å². The third-order valence-electron chi connectivity index (χ3n) is 0. The van der Waals surface area contributed by atoms with Crippen molar-refractivity contribution in [2.45, 2.75) is 0 Å². The van der Waals surface area contributed by atoms with E-state index in [0.717, 1.165) is 14.2 Å². The van der Waals surface area contributed by atoms with Crippen molar-refractivity contribution < 1.29 is 10.2 Å². The Morgan fingerprint density at radius 3 is 0.800 bits per heavy atom. The zero-order valence-electron chi connectivity index (χ0n) is 3.47. The van der Waals surface area contributed by atoms with E-state index in [1.807, 2.05) is 0 Å². The molecule has 0 saturated heterocycles. The molecule has 0 amide bonds. The molecule has 0 unspecified atom stereocenters. The van der Waals surface area contributed by atoms with Crippen molar-refractivity contribution >= 4 is 8.41 Å². The van der Waals surface area contributed by atoms with Gasteiger partial charge in [-0.25, -0.2) is 0 Å². The van der Waals surface area contributed by atoms with Crippen LogP contribution in [0.4, 0.5) is 0 Å². The molecule has 0 rings (SSSR count). The van der Waals surface area contributed by atoms with E-state index in [1.54, 1.807) is 0 Å². The lowest BCUT2D eigenvalue weighted by Crippen LogP contribution is -1.25. The van der Waals surface area contributed by atoms with E-state index >= 15 is 0 Å². The van der Waals surface area contributed by atoms with Crippen LogP contribution in [0.15, 0.2) is 0 Å². The van der Waals surface area contributed by atoms with E-state index in [2.05, 4.69) is 0 Å². The summed E-state index contributed by atoms with van der Waals surface area (Å²) in [6.45, 7) is 0. The highest BCUT2D eigenvalue weighted by Gasteiger charge is 0.841. The number of aliphatic hydroxyl groups excluding tert-OH is 2. The molecule has 31 valence electrons. The number of hydrogen-bond acceptors (Lipinski definition) is 2. The Morgan fingerprint density at radius 1 is 0.800 bits per heavy atom. The first-order valence-corrected chi connectivity index (χ1v) is 0.894. The Hall–Kier alpha value is -0.0151. The topological polar surface area (TPSA) is 40.5 Å². The molecule has 0 aromatic carbocycles. The summed E-state index contributed by atoms with van der Waals surface area (Å²) in [7, 11) is 2.00. The minimum Gasteiger partial charge on any atom is -0.400 e. The van der Waals surface area contributed by atoms with Crippen LogP contribution < -0.4 is 0 Å². The van der Waals surface area contributed by atoms with E-state index in [0.29, 0.717) is 0 Å². The first-order valence-electron chi connectivity index (χ1n) is 0.894. The molecule has 2 N–H and O–H groups in total. The van der Waals surface area contributed by atoms with Gasteiger partial charge in [-0.1, -0.05) is 0 Å². The molecule has 0 aliphatic rings. The van der Waals surface area contributed by atoms with Crippen molar-refractivity contribution in [3.63, 3.8) is 0 Å². The highest BCUT2D eigenvalue weighted by atomic mass is 16.2. The monoisotopic (exact) mass is 75.1 g/mol. The average molecular weight is 74.9 g/mol. The van der Waals surface area contributed by atoms with Gasteiger partial charge in [-0.2, -0.15) is 0 Å². The highest BCUT2D eigenvalue weighted by Crippen LogP contribution is 0.757. The van der Waals surface area contributed by atoms with Crippen LogP contribution in [0.1, 0.15) is 0 Å². The Balaban J connectivity index is -0.0000000133. The second kappa shape index (κ2) is 156000. The average Bonchev–Trinajstić information content (AvgIpc) is 1.50. The van der Waals surface area contributed by atoms with Gasteiger partial charge in [-0.15, -0.1) is 0 Å². The Kier molecular flexibility index (Phi) is 629000. The van der Waals surface area contributed by atoms with Crippen LogP contribution in [0.5, 0.6) is 0 Å². The normalized spacial score (nSPS) is 2.40. The van der Waals surface area contributed by atoms with Crippen molar-refractivity contribution in [1.29, 1.82) is 0 Å². The lowest BCUT2D eigenvalue weighted by atomic mass is 10.8. The fourth-order valence-electron chi connectivity index (χ4n) is 0. The molecule has 0 aromatic rings. The van der Waals surface area contributed by atoms with Gasteiger partial charge in [-0.3, -0.25) is 0 Å². The quantitative estimate of drug-likeness (QED) is 0.356. The SMILES string of the molecule is CO.CO.[B]. The summed E-state index contributed by atoms with van der Waals surface area (Å²) in [5.41, 5.74) is 0. The lowest BCUT2D eigenvalue weighted by molar-refractivity contribution is 0.399. The van der Waals surface area contributed by atoms with Gasteiger partial charge in [0.2, 0.25) is 0 Å². The minimum absolute atomic E-state index is 0. The summed E-state index contributed by atoms with van der Waals surface area (Å²) in [5.74, 6) is 0. The zero-order valence-corrected chi connectivity index (χ0v) is 3.47. The molecule has 3 radical (unpaired) electrons. The van der Waals surface area contributed by atoms with Crippen molar-refractivity contribution in [2.75, 3.05) is 14.2 Å². The van der Waals surface area contributed by atoms with E-state index < -0.39 is 0 Å². The minimum atomic E-state index is 0. The van der Waals surface area contributed by atoms with Gasteiger partial charge in [0.15, 0.2) is 0 Å². The smallest absolute Gasteiger partial charge is 0.0319 e. The highest BCUT2D eigenvalue weighted by molar-refractivity contribution is 5.75. The molecule has 0 aliphatic heterocycles. The summed E-state index contributed by atoms with van der Waals surface area (Å²) in [6.07, 6.45) is 0. The van der Waals surface area contributed by atoms with Crippen molar-refractivity contribution in [1.82, 2.24) is 0 Å². The van der Waals surface area contributed by atoms with Crippen molar-refractivity contribution in [2.24, 2.45) is 0 Å². The molecular formula is C2H8BO2. The fraction of sp³-hybridized carbons (Fsp3) is 1.00. The van der Waals surface area contributed by atoms with Crippen LogP contribution in [-0.2, 0) is 0 Å². The first kappa shape index (κ1) is 20.1. The third kappa shape index (κ3) is 69200. The maximum Gasteiger partial charge on any atom is 0.0319 e. The molecule has 0 fully saturated rings. The molecule has 0 aromatic heterocycles. The molecule has 0 spiro atoms. The van der Waals surface area contributed by atoms with Gasteiger partial charge < -0.3 is 10.2 Å². The molecule has 3 heteroatoms. The Morgan fingerprint density at radius 2 is 0.800 bits per heavy atom. The molecule has 0 heterocycles. The molecule has 0 atom stereocenters. The second-order valence-corrected chi connectivity index (χ2v) is 0. The van der Waals surface area contributed by atoms with Gasteiger partial charge in [0.1, 0.15) is 0 Å². The van der Waals surface area contributed by atoms with Gasteiger partial charge in [0, 0.05) is 22.6 Å². The number of aliphatic hydroxyl groups is 2. The van der Waals surface area contributed by atoms with E-state index in [-0.39, 0.29) is 8.41 Å². The molecule has 0 bridgehead atoms. The summed E-state index contributed by atoms with van der Waals surface area (Å²) in [4.78, 5) is 0. The summed E-state index contributed by atoms with van der Waals surface area (Å²) < 4.78 is 0. The van der Waals surface area contributed by atoms with Crippen LogP contribution in [0.2, 0.25) is 0 Å². The van der Waals surface area contributed by atoms with Crippen LogP contribution in [0, 0.1) is 0 Å². The van der Waals surface area contributed by atoms with E-state index in [9.17, 15) is 0 Å². The van der Waals surface area contributed by atoms with Crippen molar-refractivity contribution in [3.8, 4) is 0 Å². The van der Waals surface area contributed by atoms with Gasteiger partial charge in [0.25, 0.3) is 0 Å². The standard InChI is InChI=1S/2CH4O.B/c2*1-2;/h2*2H,1H3;. The lowest BCUT2D eigenvalue weighted by Gasteiger charge is -1.21. The maximum atomic E-state index is 7.00. The number of hydrogen-bond donors (Lipinski definition) is 2. The summed E-state index contributed by atoms with van der Waals surface area (Å²) in [5, 5.41) is 14.0. The second-order valence-electron chi connectivity index (χ2n) is 0. The van der Waals surface area contributed by atoms with Gasteiger partial charge in [0.05, 0.1) is 0 Å². The molecule has 2 nitrogen and oxygen atoms in total. The van der Waals surface area contributed by atoms with Gasteiger partial charge in [-0.05, 0) is 0 Å². The predicted molar refractivity (Wildman–Crippen MR) is 22.0 cm³/mol. The maximum absolute atomic E-state index is 7.00. The Bertz CT molecular complexity index is 7.61. The molecule has 5 heavy (non-hydrogen) atoms. The summed E-state index contributed by atoms with van der Waals surface area (Å²) >= 11 is 0. The summed E-state index contributed by atoms with van der Waals surface area (Å²) in [6, 6.07) is 0. The van der Waals surface area contributed by atoms with Crippen LogP contribution in [-0.4, -0.2) is 32.8 Å². The largest absolute Gasteiger partial charge is 0.400 e. The Labute approximate surface area is 34.0 Å². The van der Waals surface area contributed by atoms with Gasteiger partial charge >= 0.3 is 0 Å².